The number of benzene rings is 1. The predicted octanol–water partition coefficient (Wildman–Crippen LogP) is 2.57. The maximum atomic E-state index is 5.42. The predicted molar refractivity (Wildman–Crippen MR) is 53.7 cm³/mol. The van der Waals surface area contributed by atoms with Crippen molar-refractivity contribution in [3.8, 4) is 0 Å². The largest absolute Gasteiger partial charge is 0.489 e. The number of hydrogen-bond acceptors (Lipinski definition) is 2. The summed E-state index contributed by atoms with van der Waals surface area (Å²) in [5, 5.41) is 0. The average molecular weight is 188 g/mol. The molecule has 1 saturated heterocycles. The lowest BCUT2D eigenvalue weighted by Gasteiger charge is -2.06. The molecule has 2 aliphatic heterocycles. The van der Waals surface area contributed by atoms with Crippen molar-refractivity contribution in [2.24, 2.45) is 0 Å². The second kappa shape index (κ2) is 2.61. The third kappa shape index (κ3) is 1.01. The van der Waals surface area contributed by atoms with Gasteiger partial charge in [-0.2, -0.15) is 0 Å². The Kier molecular flexibility index (Phi) is 1.50. The lowest BCUT2D eigenvalue weighted by molar-refractivity contribution is 0.285. The molecule has 1 atom stereocenters. The van der Waals surface area contributed by atoms with Crippen molar-refractivity contribution in [2.45, 2.75) is 19.6 Å². The second-order valence-corrected chi connectivity index (χ2v) is 3.84. The fourth-order valence-electron chi connectivity index (χ4n) is 2.04. The lowest BCUT2D eigenvalue weighted by Crippen LogP contribution is -1.94. The standard InChI is InChI=1S/C12H12O2/c1-7-9(12-6-14-12)3-4-10-8(2)13-5-11(7)10/h3-4,12H,2,5-6H2,1H3/t12-/m0/s1. The van der Waals surface area contributed by atoms with Gasteiger partial charge in [0.2, 0.25) is 0 Å². The van der Waals surface area contributed by atoms with Crippen LogP contribution in [0.25, 0.3) is 5.76 Å². The minimum atomic E-state index is 0.328. The molecule has 72 valence electrons. The Morgan fingerprint density at radius 2 is 2.21 bits per heavy atom. The van der Waals surface area contributed by atoms with Crippen LogP contribution in [-0.4, -0.2) is 6.61 Å². The van der Waals surface area contributed by atoms with Crippen molar-refractivity contribution in [3.05, 3.63) is 41.0 Å². The Morgan fingerprint density at radius 1 is 1.43 bits per heavy atom. The first-order valence-corrected chi connectivity index (χ1v) is 4.83. The molecule has 2 nitrogen and oxygen atoms in total. The highest BCUT2D eigenvalue weighted by Crippen LogP contribution is 2.38. The summed E-state index contributed by atoms with van der Waals surface area (Å²) in [4.78, 5) is 0. The molecule has 1 aromatic carbocycles. The van der Waals surface area contributed by atoms with Crippen LogP contribution < -0.4 is 0 Å². The molecule has 2 heteroatoms. The normalized spacial score (nSPS) is 23.2. The fourth-order valence-corrected chi connectivity index (χ4v) is 2.04. The molecule has 1 aromatic rings. The van der Waals surface area contributed by atoms with Crippen LogP contribution in [0.3, 0.4) is 0 Å². The monoisotopic (exact) mass is 188 g/mol. The highest BCUT2D eigenvalue weighted by molar-refractivity contribution is 5.66. The SMILES string of the molecule is C=C1OCc2c1ccc([C@@H]1CO1)c2C. The average Bonchev–Trinajstić information content (AvgIpc) is 2.93. The van der Waals surface area contributed by atoms with E-state index in [1.807, 2.05) is 0 Å². The molecule has 0 amide bonds. The van der Waals surface area contributed by atoms with Gasteiger partial charge in [-0.05, 0) is 18.1 Å². The van der Waals surface area contributed by atoms with E-state index in [0.717, 1.165) is 17.9 Å². The lowest BCUT2D eigenvalue weighted by atomic mass is 9.96. The van der Waals surface area contributed by atoms with Gasteiger partial charge in [-0.1, -0.05) is 18.7 Å². The Morgan fingerprint density at radius 3 is 2.93 bits per heavy atom. The maximum Gasteiger partial charge on any atom is 0.120 e. The van der Waals surface area contributed by atoms with Gasteiger partial charge < -0.3 is 9.47 Å². The smallest absolute Gasteiger partial charge is 0.120 e. The zero-order valence-corrected chi connectivity index (χ0v) is 8.17. The molecule has 0 unspecified atom stereocenters. The summed E-state index contributed by atoms with van der Waals surface area (Å²) in [5.74, 6) is 0.798. The molecule has 14 heavy (non-hydrogen) atoms. The molecule has 2 aliphatic rings. The molecule has 2 heterocycles. The Hall–Kier alpha value is -1.28. The van der Waals surface area contributed by atoms with E-state index in [2.05, 4.69) is 25.6 Å². The third-order valence-electron chi connectivity index (χ3n) is 3.01. The first-order chi connectivity index (χ1) is 6.77. The number of ether oxygens (including phenoxy) is 2. The number of fused-ring (bicyclic) bond motifs is 1. The van der Waals surface area contributed by atoms with Crippen LogP contribution in [0.4, 0.5) is 0 Å². The van der Waals surface area contributed by atoms with Crippen molar-refractivity contribution >= 4 is 5.76 Å². The van der Waals surface area contributed by atoms with Crippen LogP contribution in [0.5, 0.6) is 0 Å². The summed E-state index contributed by atoms with van der Waals surface area (Å²) in [6.07, 6.45) is 0.328. The summed E-state index contributed by atoms with van der Waals surface area (Å²) in [6.45, 7) is 7.54. The fraction of sp³-hybridized carbons (Fsp3) is 0.333. The van der Waals surface area contributed by atoms with Crippen molar-refractivity contribution in [2.75, 3.05) is 6.61 Å². The zero-order valence-electron chi connectivity index (χ0n) is 8.17. The highest BCUT2D eigenvalue weighted by Gasteiger charge is 2.29. The highest BCUT2D eigenvalue weighted by atomic mass is 16.6. The minimum Gasteiger partial charge on any atom is -0.489 e. The van der Waals surface area contributed by atoms with Gasteiger partial charge in [0.1, 0.15) is 18.5 Å². The molecule has 0 saturated carbocycles. The van der Waals surface area contributed by atoms with Crippen LogP contribution in [0.15, 0.2) is 18.7 Å². The van der Waals surface area contributed by atoms with Crippen molar-refractivity contribution < 1.29 is 9.47 Å². The van der Waals surface area contributed by atoms with E-state index in [1.54, 1.807) is 0 Å². The first kappa shape index (κ1) is 8.06. The van der Waals surface area contributed by atoms with Gasteiger partial charge in [-0.15, -0.1) is 0 Å². The summed E-state index contributed by atoms with van der Waals surface area (Å²) < 4.78 is 10.7. The van der Waals surface area contributed by atoms with Crippen LogP contribution in [0, 0.1) is 6.92 Å². The molecular formula is C12H12O2. The number of rotatable bonds is 1. The van der Waals surface area contributed by atoms with Gasteiger partial charge in [0, 0.05) is 11.1 Å². The molecule has 0 N–H and O–H groups in total. The van der Waals surface area contributed by atoms with E-state index in [1.165, 1.54) is 16.7 Å². The van der Waals surface area contributed by atoms with Crippen LogP contribution >= 0.6 is 0 Å². The summed E-state index contributed by atoms with van der Waals surface area (Å²) in [7, 11) is 0. The number of hydrogen-bond donors (Lipinski definition) is 0. The first-order valence-electron chi connectivity index (χ1n) is 4.83. The van der Waals surface area contributed by atoms with Gasteiger partial charge in [-0.25, -0.2) is 0 Å². The number of epoxide rings is 1. The molecule has 3 rings (SSSR count). The van der Waals surface area contributed by atoms with Crippen molar-refractivity contribution in [1.29, 1.82) is 0 Å². The Bertz CT molecular complexity index is 417. The van der Waals surface area contributed by atoms with E-state index >= 15 is 0 Å². The Labute approximate surface area is 83.1 Å². The minimum absolute atomic E-state index is 0.328. The molecule has 0 aromatic heterocycles. The van der Waals surface area contributed by atoms with Crippen molar-refractivity contribution in [1.82, 2.24) is 0 Å². The summed E-state index contributed by atoms with van der Waals surface area (Å²) in [6, 6.07) is 4.22. The van der Waals surface area contributed by atoms with E-state index in [-0.39, 0.29) is 0 Å². The maximum absolute atomic E-state index is 5.42. The van der Waals surface area contributed by atoms with Gasteiger partial charge in [0.05, 0.1) is 6.61 Å². The van der Waals surface area contributed by atoms with Crippen molar-refractivity contribution in [3.63, 3.8) is 0 Å². The quantitative estimate of drug-likeness (QED) is 0.632. The van der Waals surface area contributed by atoms with Gasteiger partial charge in [0.15, 0.2) is 0 Å². The molecule has 0 spiro atoms. The van der Waals surface area contributed by atoms with E-state index in [9.17, 15) is 0 Å². The topological polar surface area (TPSA) is 21.8 Å². The molecule has 0 aliphatic carbocycles. The summed E-state index contributed by atoms with van der Waals surface area (Å²) >= 11 is 0. The Balaban J connectivity index is 2.16. The van der Waals surface area contributed by atoms with Crippen LogP contribution in [0.2, 0.25) is 0 Å². The molecule has 1 fully saturated rings. The molecular weight excluding hydrogens is 176 g/mol. The van der Waals surface area contributed by atoms with E-state index < -0.39 is 0 Å². The van der Waals surface area contributed by atoms with Gasteiger partial charge in [-0.3, -0.25) is 0 Å². The van der Waals surface area contributed by atoms with E-state index in [0.29, 0.717) is 12.7 Å². The molecule has 0 radical (unpaired) electrons. The second-order valence-electron chi connectivity index (χ2n) is 3.84. The van der Waals surface area contributed by atoms with Crippen LogP contribution in [-0.2, 0) is 16.1 Å². The third-order valence-corrected chi connectivity index (χ3v) is 3.01. The van der Waals surface area contributed by atoms with E-state index in [4.69, 9.17) is 9.47 Å². The molecule has 0 bridgehead atoms. The van der Waals surface area contributed by atoms with Gasteiger partial charge >= 0.3 is 0 Å². The van der Waals surface area contributed by atoms with Crippen LogP contribution in [0.1, 0.15) is 28.4 Å². The zero-order chi connectivity index (χ0) is 9.71. The summed E-state index contributed by atoms with van der Waals surface area (Å²) in [5.41, 5.74) is 5.06. The van der Waals surface area contributed by atoms with Gasteiger partial charge in [0.25, 0.3) is 0 Å².